The Hall–Kier alpha value is -1.77. The average Bonchev–Trinajstić information content (AvgIpc) is 2.94. The molecule has 1 aromatic heterocycles. The lowest BCUT2D eigenvalue weighted by Crippen LogP contribution is -2.22. The third kappa shape index (κ3) is 8.24. The number of nitrogens with zero attached hydrogens (tertiary/aromatic N) is 3. The Morgan fingerprint density at radius 2 is 2.00 bits per heavy atom. The van der Waals surface area contributed by atoms with Crippen LogP contribution in [0, 0.1) is 0 Å². The van der Waals surface area contributed by atoms with Crippen molar-refractivity contribution in [3.63, 3.8) is 0 Å². The topological polar surface area (TPSA) is 77.5 Å². The maximum atomic E-state index is 5.92. The standard InChI is InChI=1S/C18H27N5O.HI/c1-14(2)24-17-9-7-16(8-10-17)22-18(19)20-11-5-4-6-15-12-21-23(3)13-15;/h7-10,12-14H,4-6,11H2,1-3H3,(H3,19,20,22);1H. The summed E-state index contributed by atoms with van der Waals surface area (Å²) in [6, 6.07) is 7.71. The Morgan fingerprint density at radius 3 is 2.60 bits per heavy atom. The summed E-state index contributed by atoms with van der Waals surface area (Å²) in [5.41, 5.74) is 8.08. The number of nitrogens with two attached hydrogens (primary N) is 1. The van der Waals surface area contributed by atoms with Crippen LogP contribution in [0.4, 0.5) is 5.69 Å². The average molecular weight is 457 g/mol. The molecule has 0 amide bonds. The molecule has 0 aliphatic carbocycles. The van der Waals surface area contributed by atoms with E-state index in [0.717, 1.165) is 30.7 Å². The minimum absolute atomic E-state index is 0. The van der Waals surface area contributed by atoms with Gasteiger partial charge in [-0.1, -0.05) is 0 Å². The normalized spacial score (nSPS) is 11.3. The lowest BCUT2D eigenvalue weighted by atomic mass is 10.1. The molecule has 25 heavy (non-hydrogen) atoms. The van der Waals surface area contributed by atoms with Crippen LogP contribution in [0.5, 0.6) is 5.75 Å². The molecule has 2 aromatic rings. The number of aliphatic imine (C=N–C) groups is 1. The number of hydrogen-bond acceptors (Lipinski definition) is 3. The number of guanidine groups is 1. The second-order valence-corrected chi connectivity index (χ2v) is 6.06. The van der Waals surface area contributed by atoms with E-state index in [2.05, 4.69) is 15.4 Å². The van der Waals surface area contributed by atoms with E-state index < -0.39 is 0 Å². The molecule has 0 unspecified atom stereocenters. The van der Waals surface area contributed by atoms with E-state index in [1.807, 2.05) is 62.2 Å². The molecule has 0 aliphatic rings. The molecule has 138 valence electrons. The molecule has 6 nitrogen and oxygen atoms in total. The number of nitrogens with one attached hydrogen (secondary N) is 1. The van der Waals surface area contributed by atoms with Crippen molar-refractivity contribution in [1.29, 1.82) is 0 Å². The quantitative estimate of drug-likeness (QED) is 0.275. The van der Waals surface area contributed by atoms with Gasteiger partial charge in [0.1, 0.15) is 5.75 Å². The van der Waals surface area contributed by atoms with Crippen LogP contribution in [0.2, 0.25) is 0 Å². The molecule has 3 N–H and O–H groups in total. The summed E-state index contributed by atoms with van der Waals surface area (Å²) in [5, 5.41) is 7.26. The Kier molecular flexibility index (Phi) is 9.33. The SMILES string of the molecule is CC(C)Oc1ccc(NC(N)=NCCCCc2cnn(C)c2)cc1.I. The van der Waals surface area contributed by atoms with Crippen LogP contribution in [-0.2, 0) is 13.5 Å². The fraction of sp³-hybridized carbons (Fsp3) is 0.444. The van der Waals surface area contributed by atoms with Gasteiger partial charge in [0.2, 0.25) is 0 Å². The van der Waals surface area contributed by atoms with Crippen LogP contribution < -0.4 is 15.8 Å². The van der Waals surface area contributed by atoms with E-state index in [4.69, 9.17) is 10.5 Å². The molecule has 0 bridgehead atoms. The third-order valence-electron chi connectivity index (χ3n) is 3.41. The van der Waals surface area contributed by atoms with E-state index >= 15 is 0 Å². The van der Waals surface area contributed by atoms with Gasteiger partial charge in [-0.25, -0.2) is 0 Å². The van der Waals surface area contributed by atoms with Crippen LogP contribution in [0.3, 0.4) is 0 Å². The third-order valence-corrected chi connectivity index (χ3v) is 3.41. The molecule has 1 heterocycles. The van der Waals surface area contributed by atoms with Crippen molar-refractivity contribution in [3.8, 4) is 5.75 Å². The summed E-state index contributed by atoms with van der Waals surface area (Å²) in [6.07, 6.45) is 7.22. The number of anilines is 1. The van der Waals surface area contributed by atoms with Crippen LogP contribution in [0.25, 0.3) is 0 Å². The highest BCUT2D eigenvalue weighted by molar-refractivity contribution is 14.0. The Morgan fingerprint density at radius 1 is 1.28 bits per heavy atom. The molecule has 0 spiro atoms. The highest BCUT2D eigenvalue weighted by atomic mass is 127. The largest absolute Gasteiger partial charge is 0.491 e. The number of benzene rings is 1. The minimum Gasteiger partial charge on any atom is -0.491 e. The first kappa shape index (κ1) is 21.3. The highest BCUT2D eigenvalue weighted by Gasteiger charge is 2.00. The maximum absolute atomic E-state index is 5.92. The highest BCUT2D eigenvalue weighted by Crippen LogP contribution is 2.16. The molecule has 0 atom stereocenters. The lowest BCUT2D eigenvalue weighted by Gasteiger charge is -2.10. The summed E-state index contributed by atoms with van der Waals surface area (Å²) >= 11 is 0. The molecular weight excluding hydrogens is 429 g/mol. The first-order valence-electron chi connectivity index (χ1n) is 8.34. The summed E-state index contributed by atoms with van der Waals surface area (Å²) in [4.78, 5) is 4.36. The summed E-state index contributed by atoms with van der Waals surface area (Å²) in [5.74, 6) is 1.29. The number of hydrogen-bond donors (Lipinski definition) is 2. The van der Waals surface area contributed by atoms with Gasteiger partial charge in [0.05, 0.1) is 12.3 Å². The van der Waals surface area contributed by atoms with Crippen molar-refractivity contribution in [3.05, 3.63) is 42.2 Å². The van der Waals surface area contributed by atoms with Gasteiger partial charge >= 0.3 is 0 Å². The summed E-state index contributed by atoms with van der Waals surface area (Å²) < 4.78 is 7.43. The molecule has 0 saturated carbocycles. The fourth-order valence-corrected chi connectivity index (χ4v) is 2.32. The zero-order valence-corrected chi connectivity index (χ0v) is 17.4. The molecule has 0 fully saturated rings. The Bertz CT molecular complexity index is 652. The first-order chi connectivity index (χ1) is 11.5. The number of unbranched alkanes of at least 4 members (excludes halogenated alkanes) is 1. The van der Waals surface area contributed by atoms with Gasteiger partial charge in [-0.05, 0) is 62.9 Å². The van der Waals surface area contributed by atoms with Crippen molar-refractivity contribution in [1.82, 2.24) is 9.78 Å². The summed E-state index contributed by atoms with van der Waals surface area (Å²) in [7, 11) is 1.93. The molecule has 1 aromatic carbocycles. The number of aromatic nitrogens is 2. The van der Waals surface area contributed by atoms with Crippen molar-refractivity contribution in [2.24, 2.45) is 17.8 Å². The predicted octanol–water partition coefficient (Wildman–Crippen LogP) is 3.57. The van der Waals surface area contributed by atoms with Crippen LogP contribution in [0.1, 0.15) is 32.3 Å². The van der Waals surface area contributed by atoms with E-state index in [0.29, 0.717) is 12.5 Å². The van der Waals surface area contributed by atoms with Crippen molar-refractivity contribution < 1.29 is 4.74 Å². The molecule has 0 saturated heterocycles. The van der Waals surface area contributed by atoms with Gasteiger partial charge in [-0.15, -0.1) is 24.0 Å². The zero-order chi connectivity index (χ0) is 17.4. The van der Waals surface area contributed by atoms with Crippen LogP contribution in [0.15, 0.2) is 41.7 Å². The molecular formula is C18H28IN5O. The van der Waals surface area contributed by atoms with Crippen molar-refractivity contribution in [2.45, 2.75) is 39.2 Å². The van der Waals surface area contributed by atoms with Gasteiger partial charge in [0.15, 0.2) is 5.96 Å². The smallest absolute Gasteiger partial charge is 0.193 e. The Labute approximate surface area is 166 Å². The monoisotopic (exact) mass is 457 g/mol. The predicted molar refractivity (Wildman–Crippen MR) is 114 cm³/mol. The molecule has 2 rings (SSSR count). The van der Waals surface area contributed by atoms with E-state index in [1.54, 1.807) is 0 Å². The number of halogens is 1. The lowest BCUT2D eigenvalue weighted by molar-refractivity contribution is 0.242. The number of aryl methyl sites for hydroxylation is 2. The second-order valence-electron chi connectivity index (χ2n) is 6.06. The van der Waals surface area contributed by atoms with Gasteiger partial charge < -0.3 is 15.8 Å². The van der Waals surface area contributed by atoms with E-state index in [1.165, 1.54) is 5.56 Å². The minimum atomic E-state index is 0. The van der Waals surface area contributed by atoms with Gasteiger partial charge in [-0.3, -0.25) is 9.67 Å². The Balaban J connectivity index is 0.00000312. The van der Waals surface area contributed by atoms with Gasteiger partial charge in [0.25, 0.3) is 0 Å². The molecule has 7 heteroatoms. The first-order valence-corrected chi connectivity index (χ1v) is 8.34. The van der Waals surface area contributed by atoms with Crippen molar-refractivity contribution in [2.75, 3.05) is 11.9 Å². The number of ether oxygens (including phenoxy) is 1. The molecule has 0 radical (unpaired) electrons. The van der Waals surface area contributed by atoms with Crippen LogP contribution in [-0.4, -0.2) is 28.4 Å². The van der Waals surface area contributed by atoms with E-state index in [9.17, 15) is 0 Å². The maximum Gasteiger partial charge on any atom is 0.193 e. The zero-order valence-electron chi connectivity index (χ0n) is 15.1. The van der Waals surface area contributed by atoms with Gasteiger partial charge in [0, 0.05) is 25.5 Å². The number of rotatable bonds is 8. The van der Waals surface area contributed by atoms with Crippen LogP contribution >= 0.6 is 24.0 Å². The van der Waals surface area contributed by atoms with E-state index in [-0.39, 0.29) is 30.1 Å². The molecule has 0 aliphatic heterocycles. The van der Waals surface area contributed by atoms with Gasteiger partial charge in [-0.2, -0.15) is 5.10 Å². The van der Waals surface area contributed by atoms with Crippen molar-refractivity contribution >= 4 is 35.6 Å². The fourth-order valence-electron chi connectivity index (χ4n) is 2.32. The summed E-state index contributed by atoms with van der Waals surface area (Å²) in [6.45, 7) is 4.73. The second kappa shape index (κ2) is 11.0.